The van der Waals surface area contributed by atoms with Gasteiger partial charge in [0.15, 0.2) is 0 Å². The van der Waals surface area contributed by atoms with Gasteiger partial charge in [0.05, 0.1) is 21.4 Å². The van der Waals surface area contributed by atoms with Gasteiger partial charge < -0.3 is 15.1 Å². The number of thiophene rings is 1. The lowest BCUT2D eigenvalue weighted by molar-refractivity contribution is -0.134. The van der Waals surface area contributed by atoms with Gasteiger partial charge in [0, 0.05) is 42.2 Å². The molecule has 0 unspecified atom stereocenters. The second-order valence-electron chi connectivity index (χ2n) is 7.80. The molecular formula is C23H23Cl2N3O2S. The summed E-state index contributed by atoms with van der Waals surface area (Å²) in [6, 6.07) is 13.2. The maximum absolute atomic E-state index is 13.1. The Kier molecular flexibility index (Phi) is 6.42. The van der Waals surface area contributed by atoms with E-state index in [0.29, 0.717) is 46.8 Å². The number of rotatable bonds is 4. The Labute approximate surface area is 195 Å². The van der Waals surface area contributed by atoms with Crippen molar-refractivity contribution in [2.45, 2.75) is 13.8 Å². The molecule has 5 nitrogen and oxygen atoms in total. The average Bonchev–Trinajstić information content (AvgIpc) is 3.10. The molecule has 8 heteroatoms. The number of hydrogen-bond acceptors (Lipinski definition) is 4. The fourth-order valence-corrected chi connectivity index (χ4v) is 5.50. The van der Waals surface area contributed by atoms with Crippen LogP contribution in [0.5, 0.6) is 0 Å². The van der Waals surface area contributed by atoms with Crippen molar-refractivity contribution in [1.82, 2.24) is 4.90 Å². The molecule has 0 saturated carbocycles. The van der Waals surface area contributed by atoms with Gasteiger partial charge in [0.25, 0.3) is 5.91 Å². The van der Waals surface area contributed by atoms with Crippen LogP contribution in [-0.2, 0) is 4.79 Å². The van der Waals surface area contributed by atoms with E-state index in [0.717, 1.165) is 15.8 Å². The van der Waals surface area contributed by atoms with Crippen LogP contribution in [0.1, 0.15) is 23.5 Å². The Hall–Kier alpha value is -2.28. The zero-order chi connectivity index (χ0) is 22.1. The summed E-state index contributed by atoms with van der Waals surface area (Å²) < 4.78 is 0.968. The zero-order valence-corrected chi connectivity index (χ0v) is 19.7. The standard InChI is InChI=1S/C23H23Cl2N3O2S/c1-14(2)23(30)28-12-10-27(11-13-28)20-16(24)7-5-8-17(20)26-22(29)21-19(25)15-6-3-4-9-18(15)31-21/h3-9,14H,10-13H2,1-2H3,(H,26,29). The number of nitrogens with one attached hydrogen (secondary N) is 1. The number of halogens is 2. The molecule has 1 aliphatic heterocycles. The number of benzene rings is 2. The monoisotopic (exact) mass is 475 g/mol. The number of amides is 2. The van der Waals surface area contributed by atoms with Crippen molar-refractivity contribution in [3.63, 3.8) is 0 Å². The largest absolute Gasteiger partial charge is 0.365 e. The SMILES string of the molecule is CC(C)C(=O)N1CCN(c2c(Cl)cccc2NC(=O)c2sc3ccccc3c2Cl)CC1. The molecule has 162 valence electrons. The highest BCUT2D eigenvalue weighted by atomic mass is 35.5. The summed E-state index contributed by atoms with van der Waals surface area (Å²) in [4.78, 5) is 29.8. The third-order valence-electron chi connectivity index (χ3n) is 5.38. The first-order valence-electron chi connectivity index (χ1n) is 10.2. The van der Waals surface area contributed by atoms with Crippen LogP contribution in [0, 0.1) is 5.92 Å². The summed E-state index contributed by atoms with van der Waals surface area (Å²) >= 11 is 14.4. The lowest BCUT2D eigenvalue weighted by atomic mass is 10.1. The summed E-state index contributed by atoms with van der Waals surface area (Å²) in [6.07, 6.45) is 0. The molecule has 1 saturated heterocycles. The molecule has 31 heavy (non-hydrogen) atoms. The lowest BCUT2D eigenvalue weighted by Gasteiger charge is -2.38. The third-order valence-corrected chi connectivity index (χ3v) is 7.36. The molecule has 1 fully saturated rings. The molecule has 1 aromatic heterocycles. The molecule has 2 heterocycles. The van der Waals surface area contributed by atoms with E-state index in [1.807, 2.05) is 61.2 Å². The number of para-hydroxylation sites is 1. The minimum atomic E-state index is -0.261. The normalized spacial score (nSPS) is 14.4. The Morgan fingerprint density at radius 3 is 2.39 bits per heavy atom. The van der Waals surface area contributed by atoms with Crippen LogP contribution in [0.25, 0.3) is 10.1 Å². The van der Waals surface area contributed by atoms with Gasteiger partial charge in [-0.15, -0.1) is 11.3 Å². The highest BCUT2D eigenvalue weighted by molar-refractivity contribution is 7.21. The van der Waals surface area contributed by atoms with Crippen molar-refractivity contribution in [2.24, 2.45) is 5.92 Å². The maximum Gasteiger partial charge on any atom is 0.267 e. The molecule has 2 amide bonds. The van der Waals surface area contributed by atoms with E-state index < -0.39 is 0 Å². The Morgan fingerprint density at radius 1 is 1.00 bits per heavy atom. The number of carbonyl (C=O) groups is 2. The Morgan fingerprint density at radius 2 is 1.71 bits per heavy atom. The van der Waals surface area contributed by atoms with E-state index >= 15 is 0 Å². The Bertz CT molecular complexity index is 1140. The topological polar surface area (TPSA) is 52.7 Å². The number of hydrogen-bond donors (Lipinski definition) is 1. The number of fused-ring (bicyclic) bond motifs is 1. The number of nitrogens with zero attached hydrogens (tertiary/aromatic N) is 2. The molecule has 2 aromatic carbocycles. The number of anilines is 2. The Balaban J connectivity index is 1.56. The van der Waals surface area contributed by atoms with Crippen molar-refractivity contribution in [3.8, 4) is 0 Å². The summed E-state index contributed by atoms with van der Waals surface area (Å²) in [5.74, 6) is -0.122. The molecule has 0 radical (unpaired) electrons. The summed E-state index contributed by atoms with van der Waals surface area (Å²) in [7, 11) is 0. The molecule has 0 atom stereocenters. The second kappa shape index (κ2) is 9.07. The summed E-state index contributed by atoms with van der Waals surface area (Å²) in [6.45, 7) is 6.37. The van der Waals surface area contributed by atoms with Crippen LogP contribution < -0.4 is 10.2 Å². The van der Waals surface area contributed by atoms with E-state index in [9.17, 15) is 9.59 Å². The van der Waals surface area contributed by atoms with Crippen LogP contribution in [0.2, 0.25) is 10.0 Å². The van der Waals surface area contributed by atoms with E-state index in [1.165, 1.54) is 11.3 Å². The second-order valence-corrected chi connectivity index (χ2v) is 9.64. The van der Waals surface area contributed by atoms with Gasteiger partial charge in [-0.05, 0) is 18.2 Å². The first-order chi connectivity index (χ1) is 14.9. The highest BCUT2D eigenvalue weighted by Gasteiger charge is 2.26. The fraction of sp³-hybridized carbons (Fsp3) is 0.304. The van der Waals surface area contributed by atoms with Gasteiger partial charge in [-0.2, -0.15) is 0 Å². The minimum Gasteiger partial charge on any atom is -0.365 e. The van der Waals surface area contributed by atoms with Crippen molar-refractivity contribution in [1.29, 1.82) is 0 Å². The van der Waals surface area contributed by atoms with Crippen LogP contribution in [0.3, 0.4) is 0 Å². The molecule has 0 spiro atoms. The van der Waals surface area contributed by atoms with E-state index in [4.69, 9.17) is 23.2 Å². The van der Waals surface area contributed by atoms with Crippen molar-refractivity contribution in [2.75, 3.05) is 36.4 Å². The van der Waals surface area contributed by atoms with Gasteiger partial charge in [-0.1, -0.05) is 61.3 Å². The van der Waals surface area contributed by atoms with Crippen LogP contribution in [0.4, 0.5) is 11.4 Å². The summed E-state index contributed by atoms with van der Waals surface area (Å²) in [5.41, 5.74) is 1.40. The van der Waals surface area contributed by atoms with Crippen LogP contribution >= 0.6 is 34.5 Å². The molecule has 3 aromatic rings. The molecule has 0 bridgehead atoms. The first kappa shape index (κ1) is 21.9. The molecule has 1 N–H and O–H groups in total. The maximum atomic E-state index is 13.1. The predicted molar refractivity (Wildman–Crippen MR) is 130 cm³/mol. The van der Waals surface area contributed by atoms with Crippen LogP contribution in [-0.4, -0.2) is 42.9 Å². The first-order valence-corrected chi connectivity index (χ1v) is 11.7. The number of carbonyl (C=O) groups excluding carboxylic acids is 2. The van der Waals surface area contributed by atoms with Gasteiger partial charge in [0.2, 0.25) is 5.91 Å². The highest BCUT2D eigenvalue weighted by Crippen LogP contribution is 2.38. The van der Waals surface area contributed by atoms with E-state index in [1.54, 1.807) is 0 Å². The van der Waals surface area contributed by atoms with Gasteiger partial charge in [-0.25, -0.2) is 0 Å². The minimum absolute atomic E-state index is 0.0206. The quantitative estimate of drug-likeness (QED) is 0.521. The van der Waals surface area contributed by atoms with Crippen LogP contribution in [0.15, 0.2) is 42.5 Å². The van der Waals surface area contributed by atoms with Crippen molar-refractivity contribution >= 4 is 67.8 Å². The lowest BCUT2D eigenvalue weighted by Crippen LogP contribution is -2.50. The van der Waals surface area contributed by atoms with Crippen molar-refractivity contribution < 1.29 is 9.59 Å². The van der Waals surface area contributed by atoms with Crippen molar-refractivity contribution in [3.05, 3.63) is 57.4 Å². The molecular weight excluding hydrogens is 453 g/mol. The zero-order valence-electron chi connectivity index (χ0n) is 17.3. The third kappa shape index (κ3) is 4.38. The average molecular weight is 476 g/mol. The predicted octanol–water partition coefficient (Wildman–Crippen LogP) is 5.77. The van der Waals surface area contributed by atoms with E-state index in [-0.39, 0.29) is 17.7 Å². The molecule has 1 aliphatic rings. The van der Waals surface area contributed by atoms with Gasteiger partial charge >= 0.3 is 0 Å². The molecule has 4 rings (SSSR count). The van der Waals surface area contributed by atoms with E-state index in [2.05, 4.69) is 10.2 Å². The summed E-state index contributed by atoms with van der Waals surface area (Å²) in [5, 5.41) is 4.89. The fourth-order valence-electron chi connectivity index (χ4n) is 3.79. The van der Waals surface area contributed by atoms with Gasteiger partial charge in [-0.3, -0.25) is 9.59 Å². The van der Waals surface area contributed by atoms with Gasteiger partial charge in [0.1, 0.15) is 4.88 Å². The molecule has 0 aliphatic carbocycles. The number of piperazine rings is 1. The smallest absolute Gasteiger partial charge is 0.267 e.